The molecule has 0 N–H and O–H groups in total. The zero-order valence-electron chi connectivity index (χ0n) is 33.2. The molecule has 0 saturated heterocycles. The summed E-state index contributed by atoms with van der Waals surface area (Å²) in [6.45, 7) is 0. The Morgan fingerprint density at radius 1 is 0.467 bits per heavy atom. The van der Waals surface area contributed by atoms with Gasteiger partial charge in [0, 0.05) is 34.9 Å². The van der Waals surface area contributed by atoms with E-state index >= 15 is 0 Å². The van der Waals surface area contributed by atoms with Crippen molar-refractivity contribution in [1.82, 2.24) is 9.55 Å². The first kappa shape index (κ1) is 34.4. The summed E-state index contributed by atoms with van der Waals surface area (Å²) in [5.74, 6) is 0. The number of hydrogen-bond donors (Lipinski definition) is 0. The predicted octanol–water partition coefficient (Wildman–Crippen LogP) is 13.5. The molecule has 4 heteroatoms. The number of aromatic nitrogens is 2. The SMILES string of the molecule is CN1c2ccccc2N(c2ccccc2)C1c1ccc(-c2ccc(-n3c4ccccc4c4nc5c(cc43)C(c3ccccc3)(c3ccccc3)c3ccccc3-5)cc2)cc1. The average molecular weight is 769 g/mol. The highest BCUT2D eigenvalue weighted by molar-refractivity contribution is 6.09. The molecule has 2 aromatic heterocycles. The Balaban J connectivity index is 0.971. The van der Waals surface area contributed by atoms with Crippen LogP contribution in [0.25, 0.3) is 50.0 Å². The number of hydrogen-bond acceptors (Lipinski definition) is 3. The van der Waals surface area contributed by atoms with E-state index in [4.69, 9.17) is 4.98 Å². The van der Waals surface area contributed by atoms with Gasteiger partial charge in [0.2, 0.25) is 0 Å². The molecule has 0 saturated carbocycles. The molecule has 8 aromatic carbocycles. The fraction of sp³-hybridized carbons (Fsp3) is 0.0536. The highest BCUT2D eigenvalue weighted by atomic mass is 15.4. The van der Waals surface area contributed by atoms with Gasteiger partial charge in [-0.05, 0) is 81.9 Å². The molecule has 60 heavy (non-hydrogen) atoms. The van der Waals surface area contributed by atoms with Crippen LogP contribution in [0.3, 0.4) is 0 Å². The van der Waals surface area contributed by atoms with Gasteiger partial charge in [-0.15, -0.1) is 0 Å². The van der Waals surface area contributed by atoms with Crippen molar-refractivity contribution in [3.63, 3.8) is 0 Å². The van der Waals surface area contributed by atoms with Gasteiger partial charge in [0.1, 0.15) is 6.17 Å². The van der Waals surface area contributed by atoms with Crippen molar-refractivity contribution in [3.05, 3.63) is 246 Å². The van der Waals surface area contributed by atoms with Crippen LogP contribution in [0.5, 0.6) is 0 Å². The van der Waals surface area contributed by atoms with E-state index in [1.807, 2.05) is 0 Å². The second-order valence-electron chi connectivity index (χ2n) is 16.0. The molecule has 10 aromatic rings. The minimum atomic E-state index is -0.527. The molecule has 1 aliphatic carbocycles. The van der Waals surface area contributed by atoms with Crippen LogP contribution in [0.2, 0.25) is 0 Å². The Morgan fingerprint density at radius 3 is 1.73 bits per heavy atom. The summed E-state index contributed by atoms with van der Waals surface area (Å²) in [7, 11) is 2.19. The summed E-state index contributed by atoms with van der Waals surface area (Å²) in [5, 5.41) is 1.15. The first-order valence-electron chi connectivity index (χ1n) is 20.7. The summed E-state index contributed by atoms with van der Waals surface area (Å²) >= 11 is 0. The van der Waals surface area contributed by atoms with Crippen molar-refractivity contribution in [1.29, 1.82) is 0 Å². The molecule has 0 spiro atoms. The van der Waals surface area contributed by atoms with E-state index in [9.17, 15) is 0 Å². The molecule has 284 valence electrons. The molecule has 0 amide bonds. The normalized spacial score (nSPS) is 15.0. The first-order chi connectivity index (χ1) is 29.7. The van der Waals surface area contributed by atoms with Gasteiger partial charge in [-0.25, -0.2) is 4.98 Å². The lowest BCUT2D eigenvalue weighted by Gasteiger charge is -2.33. The van der Waals surface area contributed by atoms with Gasteiger partial charge in [0.05, 0.1) is 39.0 Å². The lowest BCUT2D eigenvalue weighted by Crippen LogP contribution is -2.30. The lowest BCUT2D eigenvalue weighted by atomic mass is 9.68. The van der Waals surface area contributed by atoms with Gasteiger partial charge >= 0.3 is 0 Å². The Bertz CT molecular complexity index is 3170. The summed E-state index contributed by atoms with van der Waals surface area (Å²) in [6, 6.07) is 79.4. The average Bonchev–Trinajstić information content (AvgIpc) is 3.92. The van der Waals surface area contributed by atoms with Crippen molar-refractivity contribution in [3.8, 4) is 28.1 Å². The number of anilines is 3. The van der Waals surface area contributed by atoms with E-state index in [0.717, 1.165) is 33.3 Å². The highest BCUT2D eigenvalue weighted by Crippen LogP contribution is 2.56. The van der Waals surface area contributed by atoms with Crippen LogP contribution < -0.4 is 9.80 Å². The van der Waals surface area contributed by atoms with Crippen molar-refractivity contribution in [2.24, 2.45) is 0 Å². The molecule has 1 unspecified atom stereocenters. The lowest BCUT2D eigenvalue weighted by molar-refractivity contribution is 0.719. The Labute approximate surface area is 349 Å². The van der Waals surface area contributed by atoms with Crippen LogP contribution in [-0.2, 0) is 5.41 Å². The van der Waals surface area contributed by atoms with E-state index in [2.05, 4.69) is 240 Å². The molecule has 12 rings (SSSR count). The van der Waals surface area contributed by atoms with Gasteiger partial charge in [0.25, 0.3) is 0 Å². The summed E-state index contributed by atoms with van der Waals surface area (Å²) in [6.07, 6.45) is 0.0434. The van der Waals surface area contributed by atoms with E-state index in [1.54, 1.807) is 0 Å². The number of nitrogens with zero attached hydrogens (tertiary/aromatic N) is 4. The summed E-state index contributed by atoms with van der Waals surface area (Å²) in [4.78, 5) is 10.5. The second kappa shape index (κ2) is 13.4. The Morgan fingerprint density at radius 2 is 1.03 bits per heavy atom. The largest absolute Gasteiger partial charge is 0.349 e. The first-order valence-corrected chi connectivity index (χ1v) is 20.7. The quantitative estimate of drug-likeness (QED) is 0.168. The molecule has 0 fully saturated rings. The zero-order chi connectivity index (χ0) is 39.8. The number of fused-ring (bicyclic) bond motifs is 7. The molecule has 0 bridgehead atoms. The van der Waals surface area contributed by atoms with Crippen LogP contribution in [0.15, 0.2) is 218 Å². The van der Waals surface area contributed by atoms with Gasteiger partial charge in [-0.2, -0.15) is 0 Å². The van der Waals surface area contributed by atoms with Gasteiger partial charge in [0.15, 0.2) is 0 Å². The van der Waals surface area contributed by atoms with E-state index in [0.29, 0.717) is 0 Å². The molecule has 1 aliphatic heterocycles. The fourth-order valence-electron chi connectivity index (χ4n) is 10.3. The van der Waals surface area contributed by atoms with Crippen molar-refractivity contribution in [2.75, 3.05) is 16.8 Å². The van der Waals surface area contributed by atoms with Crippen molar-refractivity contribution in [2.45, 2.75) is 11.6 Å². The summed E-state index contributed by atoms with van der Waals surface area (Å²) < 4.78 is 2.40. The minimum Gasteiger partial charge on any atom is -0.349 e. The monoisotopic (exact) mass is 768 g/mol. The maximum Gasteiger partial charge on any atom is 0.132 e. The molecule has 4 nitrogen and oxygen atoms in total. The van der Waals surface area contributed by atoms with Crippen molar-refractivity contribution >= 4 is 39.0 Å². The van der Waals surface area contributed by atoms with Crippen LogP contribution >= 0.6 is 0 Å². The third-order valence-electron chi connectivity index (χ3n) is 12.9. The van der Waals surface area contributed by atoms with E-state index in [1.165, 1.54) is 61.6 Å². The summed E-state index contributed by atoms with van der Waals surface area (Å²) in [5.41, 5.74) is 18.2. The van der Waals surface area contributed by atoms with Crippen LogP contribution in [-0.4, -0.2) is 16.6 Å². The Hall–Kier alpha value is -7.69. The zero-order valence-corrected chi connectivity index (χ0v) is 33.2. The molecule has 1 atom stereocenters. The van der Waals surface area contributed by atoms with Gasteiger partial charge in [-0.1, -0.05) is 170 Å². The fourth-order valence-corrected chi connectivity index (χ4v) is 10.3. The standard InChI is InChI=1S/C56H40N4/c1-58-50-27-15-16-28-51(50)60(43-21-9-4-10-22-43)55(58)40-31-29-38(30-32-40)39-33-35-44(36-34-39)59-49-26-14-12-24-46(49)54-52(59)37-48-53(57-54)45-23-11-13-25-47(45)56(48,41-17-5-2-6-18-41)42-19-7-3-8-20-42/h2-37,55H,1H3. The van der Waals surface area contributed by atoms with E-state index in [-0.39, 0.29) is 6.17 Å². The third kappa shape index (κ3) is 4.94. The van der Waals surface area contributed by atoms with Crippen molar-refractivity contribution < 1.29 is 0 Å². The molecular weight excluding hydrogens is 729 g/mol. The maximum atomic E-state index is 5.64. The van der Waals surface area contributed by atoms with Gasteiger partial charge < -0.3 is 14.4 Å². The number of pyridine rings is 1. The predicted molar refractivity (Wildman–Crippen MR) is 247 cm³/mol. The number of rotatable bonds is 6. The minimum absolute atomic E-state index is 0.0434. The molecule has 0 radical (unpaired) electrons. The second-order valence-corrected chi connectivity index (χ2v) is 16.0. The van der Waals surface area contributed by atoms with Crippen LogP contribution in [0, 0.1) is 0 Å². The third-order valence-corrected chi connectivity index (χ3v) is 12.9. The smallest absolute Gasteiger partial charge is 0.132 e. The topological polar surface area (TPSA) is 24.3 Å². The van der Waals surface area contributed by atoms with Crippen LogP contribution in [0.1, 0.15) is 34.0 Å². The molecular formula is C56H40N4. The number of para-hydroxylation sites is 4. The highest BCUT2D eigenvalue weighted by Gasteiger charge is 2.47. The molecule has 2 aliphatic rings. The Kier molecular flexibility index (Phi) is 7.69. The van der Waals surface area contributed by atoms with Crippen LogP contribution in [0.4, 0.5) is 17.1 Å². The maximum absolute atomic E-state index is 5.64. The van der Waals surface area contributed by atoms with E-state index < -0.39 is 5.41 Å². The van der Waals surface area contributed by atoms with Gasteiger partial charge in [-0.3, -0.25) is 0 Å². The number of benzene rings is 8. The molecule has 3 heterocycles.